The van der Waals surface area contributed by atoms with Crippen LogP contribution in [0.1, 0.15) is 35.4 Å². The molecule has 0 saturated heterocycles. The van der Waals surface area contributed by atoms with Gasteiger partial charge in [0, 0.05) is 0 Å². The lowest BCUT2D eigenvalue weighted by Crippen LogP contribution is -2.61. The average Bonchev–Trinajstić information content (AvgIpc) is 2.62. The minimum Gasteiger partial charge on any atom is -0.480 e. The molecule has 8 heteroatoms. The summed E-state index contributed by atoms with van der Waals surface area (Å²) in [5.41, 5.74) is -0.883. The Bertz CT molecular complexity index is 844. The molecule has 3 rings (SSSR count). The molecule has 0 aliphatic heterocycles. The van der Waals surface area contributed by atoms with Crippen molar-refractivity contribution in [2.24, 2.45) is 0 Å². The van der Waals surface area contributed by atoms with Crippen molar-refractivity contribution in [3.05, 3.63) is 71.3 Å². The number of benzene rings is 2. The van der Waals surface area contributed by atoms with E-state index >= 15 is 0 Å². The number of alkyl carbamates (subject to hydrolysis) is 1. The second kappa shape index (κ2) is 7.53. The van der Waals surface area contributed by atoms with Crippen LogP contribution in [0.3, 0.4) is 0 Å². The first kappa shape index (κ1) is 19.7. The minimum atomic E-state index is -4.42. The van der Waals surface area contributed by atoms with Gasteiger partial charge in [-0.2, -0.15) is 13.2 Å². The first-order valence-corrected chi connectivity index (χ1v) is 8.59. The third-order valence-electron chi connectivity index (χ3n) is 4.86. The standard InChI is InChI=1S/C20H18F3NO4/c21-20(22,23)16-8-6-14(7-9-16)15-10-19(11-15,17(25)26)24-18(27)28-12-13-4-2-1-3-5-13/h1-9,15H,10-12H2,(H,24,27)(H,25,26). The molecule has 28 heavy (non-hydrogen) atoms. The lowest BCUT2D eigenvalue weighted by atomic mass is 9.65. The summed E-state index contributed by atoms with van der Waals surface area (Å²) >= 11 is 0. The highest BCUT2D eigenvalue weighted by atomic mass is 19.4. The summed E-state index contributed by atoms with van der Waals surface area (Å²) in [6, 6.07) is 13.5. The van der Waals surface area contributed by atoms with Crippen LogP contribution in [0.4, 0.5) is 18.0 Å². The summed E-state index contributed by atoms with van der Waals surface area (Å²) in [4.78, 5) is 23.7. The summed E-state index contributed by atoms with van der Waals surface area (Å²) in [7, 11) is 0. The zero-order valence-electron chi connectivity index (χ0n) is 14.7. The number of alkyl halides is 3. The Morgan fingerprint density at radius 2 is 1.68 bits per heavy atom. The Labute approximate surface area is 159 Å². The second-order valence-electron chi connectivity index (χ2n) is 6.80. The van der Waals surface area contributed by atoms with Crippen LogP contribution in [0, 0.1) is 0 Å². The molecule has 0 unspecified atom stereocenters. The van der Waals surface area contributed by atoms with Crippen LogP contribution < -0.4 is 5.32 Å². The van der Waals surface area contributed by atoms with Gasteiger partial charge in [-0.15, -0.1) is 0 Å². The second-order valence-corrected chi connectivity index (χ2v) is 6.80. The molecule has 1 fully saturated rings. The minimum absolute atomic E-state index is 0.00467. The maximum Gasteiger partial charge on any atom is 0.416 e. The normalized spacial score (nSPS) is 21.5. The Morgan fingerprint density at radius 3 is 2.21 bits per heavy atom. The van der Waals surface area contributed by atoms with Gasteiger partial charge in [-0.05, 0) is 42.0 Å². The number of halogens is 3. The maximum absolute atomic E-state index is 12.6. The number of amides is 1. The van der Waals surface area contributed by atoms with E-state index in [1.165, 1.54) is 12.1 Å². The first-order chi connectivity index (χ1) is 13.2. The Balaban J connectivity index is 1.59. The van der Waals surface area contributed by atoms with Gasteiger partial charge < -0.3 is 15.2 Å². The summed E-state index contributed by atoms with van der Waals surface area (Å²) in [6.07, 6.45) is -5.12. The van der Waals surface area contributed by atoms with Crippen LogP contribution in [-0.2, 0) is 22.3 Å². The molecular weight excluding hydrogens is 375 g/mol. The van der Waals surface area contributed by atoms with Crippen molar-refractivity contribution in [2.75, 3.05) is 0 Å². The molecular formula is C20H18F3NO4. The van der Waals surface area contributed by atoms with Gasteiger partial charge in [0.1, 0.15) is 12.1 Å². The molecule has 148 valence electrons. The summed E-state index contributed by atoms with van der Waals surface area (Å²) < 4.78 is 43.0. The third kappa shape index (κ3) is 4.27. The number of hydrogen-bond donors (Lipinski definition) is 2. The van der Waals surface area contributed by atoms with Crippen molar-refractivity contribution < 1.29 is 32.6 Å². The van der Waals surface area contributed by atoms with E-state index in [1.807, 2.05) is 6.07 Å². The van der Waals surface area contributed by atoms with Crippen LogP contribution in [0.15, 0.2) is 54.6 Å². The van der Waals surface area contributed by atoms with Crippen LogP contribution >= 0.6 is 0 Å². The van der Waals surface area contributed by atoms with Gasteiger partial charge in [0.05, 0.1) is 5.56 Å². The van der Waals surface area contributed by atoms with Crippen molar-refractivity contribution in [1.29, 1.82) is 0 Å². The summed E-state index contributed by atoms with van der Waals surface area (Å²) in [6.45, 7) is 0.00467. The molecule has 1 saturated carbocycles. The van der Waals surface area contributed by atoms with Gasteiger partial charge in [-0.3, -0.25) is 0 Å². The molecule has 0 heterocycles. The highest BCUT2D eigenvalue weighted by Gasteiger charge is 2.52. The van der Waals surface area contributed by atoms with Crippen molar-refractivity contribution in [2.45, 2.75) is 37.1 Å². The number of hydrogen-bond acceptors (Lipinski definition) is 3. The molecule has 2 N–H and O–H groups in total. The predicted molar refractivity (Wildman–Crippen MR) is 93.5 cm³/mol. The molecule has 2 aromatic rings. The van der Waals surface area contributed by atoms with Gasteiger partial charge >= 0.3 is 18.2 Å². The molecule has 0 bridgehead atoms. The number of ether oxygens (including phenoxy) is 1. The van der Waals surface area contributed by atoms with Gasteiger partial charge in [-0.25, -0.2) is 9.59 Å². The van der Waals surface area contributed by atoms with E-state index < -0.39 is 29.3 Å². The maximum atomic E-state index is 12.6. The quantitative estimate of drug-likeness (QED) is 0.793. The number of carbonyl (C=O) groups is 2. The van der Waals surface area contributed by atoms with Gasteiger partial charge in [-0.1, -0.05) is 42.5 Å². The van der Waals surface area contributed by atoms with Crippen molar-refractivity contribution in [3.8, 4) is 0 Å². The molecule has 0 aromatic heterocycles. The molecule has 0 atom stereocenters. The van der Waals surface area contributed by atoms with Gasteiger partial charge in [0.2, 0.25) is 0 Å². The van der Waals surface area contributed by atoms with E-state index in [0.29, 0.717) is 5.56 Å². The average molecular weight is 393 g/mol. The molecule has 0 spiro atoms. The van der Waals surface area contributed by atoms with Crippen molar-refractivity contribution in [3.63, 3.8) is 0 Å². The number of aliphatic carboxylic acids is 1. The molecule has 0 radical (unpaired) electrons. The zero-order valence-corrected chi connectivity index (χ0v) is 14.7. The Hall–Kier alpha value is -3.03. The van der Waals surface area contributed by atoms with E-state index in [4.69, 9.17) is 4.74 Å². The fourth-order valence-electron chi connectivity index (χ4n) is 3.25. The van der Waals surface area contributed by atoms with E-state index in [0.717, 1.165) is 17.7 Å². The van der Waals surface area contributed by atoms with Gasteiger partial charge in [0.15, 0.2) is 0 Å². The zero-order chi connectivity index (χ0) is 20.4. The molecule has 5 nitrogen and oxygen atoms in total. The summed E-state index contributed by atoms with van der Waals surface area (Å²) in [5.74, 6) is -1.46. The fraction of sp³-hybridized carbons (Fsp3) is 0.300. The van der Waals surface area contributed by atoms with E-state index in [-0.39, 0.29) is 25.4 Å². The van der Waals surface area contributed by atoms with Crippen LogP contribution in [0.25, 0.3) is 0 Å². The topological polar surface area (TPSA) is 75.6 Å². The smallest absolute Gasteiger partial charge is 0.416 e. The van der Waals surface area contributed by atoms with E-state index in [2.05, 4.69) is 5.32 Å². The number of rotatable bonds is 5. The predicted octanol–water partition coefficient (Wildman–Crippen LogP) is 4.33. The number of nitrogens with one attached hydrogen (secondary N) is 1. The number of carboxylic acids is 1. The lowest BCUT2D eigenvalue weighted by molar-refractivity contribution is -0.149. The fourth-order valence-corrected chi connectivity index (χ4v) is 3.25. The number of carboxylic acid groups (broad SMARTS) is 1. The SMILES string of the molecule is O=C(NC1(C(=O)O)CC(c2ccc(C(F)(F)F)cc2)C1)OCc1ccccc1. The van der Waals surface area contributed by atoms with E-state index in [1.54, 1.807) is 24.3 Å². The molecule has 1 aliphatic carbocycles. The largest absolute Gasteiger partial charge is 0.480 e. The summed E-state index contributed by atoms with van der Waals surface area (Å²) in [5, 5.41) is 11.9. The van der Waals surface area contributed by atoms with Crippen LogP contribution in [-0.4, -0.2) is 22.7 Å². The molecule has 1 aliphatic rings. The highest BCUT2D eigenvalue weighted by molar-refractivity contribution is 5.86. The van der Waals surface area contributed by atoms with Crippen LogP contribution in [0.2, 0.25) is 0 Å². The number of carbonyl (C=O) groups excluding carboxylic acids is 1. The Kier molecular flexibility index (Phi) is 5.31. The van der Waals surface area contributed by atoms with Crippen LogP contribution in [0.5, 0.6) is 0 Å². The Morgan fingerprint density at radius 1 is 1.07 bits per heavy atom. The van der Waals surface area contributed by atoms with E-state index in [9.17, 15) is 27.9 Å². The van der Waals surface area contributed by atoms with Gasteiger partial charge in [0.25, 0.3) is 0 Å². The monoisotopic (exact) mass is 393 g/mol. The van der Waals surface area contributed by atoms with Crippen molar-refractivity contribution in [1.82, 2.24) is 5.32 Å². The highest BCUT2D eigenvalue weighted by Crippen LogP contribution is 2.45. The molecule has 2 aromatic carbocycles. The third-order valence-corrected chi connectivity index (χ3v) is 4.86. The molecule has 1 amide bonds. The lowest BCUT2D eigenvalue weighted by Gasteiger charge is -2.44. The first-order valence-electron chi connectivity index (χ1n) is 8.59. The van der Waals surface area contributed by atoms with Crippen molar-refractivity contribution >= 4 is 12.1 Å².